The quantitative estimate of drug-likeness (QED) is 0.682. The largest absolute Gasteiger partial charge is 0.368 e. The number of aromatic nitrogens is 3. The van der Waals surface area contributed by atoms with E-state index in [0.717, 1.165) is 25.9 Å². The molecule has 1 aliphatic heterocycles. The average Bonchev–Trinajstić information content (AvgIpc) is 2.92. The van der Waals surface area contributed by atoms with Gasteiger partial charge in [0.2, 0.25) is 23.8 Å². The fourth-order valence-corrected chi connectivity index (χ4v) is 1.99. The highest BCUT2D eigenvalue weighted by molar-refractivity contribution is 5.81. The summed E-state index contributed by atoms with van der Waals surface area (Å²) in [6.07, 6.45) is 2.28. The lowest BCUT2D eigenvalue weighted by Gasteiger charge is -2.18. The van der Waals surface area contributed by atoms with Crippen molar-refractivity contribution in [2.45, 2.75) is 32.7 Å². The standard InChI is InChI=1S/C12H21N7O/c1-3-14-10-16-11(15-8(2)9(13)20)18-12(17-10)19-6-4-5-7-19/h8H,3-7H2,1-2H3,(H2,13,20)(H2,14,15,16,17,18). The van der Waals surface area contributed by atoms with E-state index in [1.54, 1.807) is 6.92 Å². The van der Waals surface area contributed by atoms with Crippen molar-refractivity contribution < 1.29 is 4.79 Å². The van der Waals surface area contributed by atoms with Gasteiger partial charge < -0.3 is 21.3 Å². The first kappa shape index (κ1) is 14.3. The Hall–Kier alpha value is -2.12. The molecule has 0 bridgehead atoms. The van der Waals surface area contributed by atoms with Crippen LogP contribution in [0.15, 0.2) is 0 Å². The van der Waals surface area contributed by atoms with E-state index in [1.165, 1.54) is 0 Å². The third kappa shape index (κ3) is 3.46. The van der Waals surface area contributed by atoms with Gasteiger partial charge in [0, 0.05) is 19.6 Å². The molecule has 0 spiro atoms. The van der Waals surface area contributed by atoms with E-state index in [9.17, 15) is 4.79 Å². The molecule has 1 aromatic rings. The lowest BCUT2D eigenvalue weighted by atomic mass is 10.3. The summed E-state index contributed by atoms with van der Waals surface area (Å²) >= 11 is 0. The predicted molar refractivity (Wildman–Crippen MR) is 77.7 cm³/mol. The Kier molecular flexibility index (Phi) is 4.54. The molecular formula is C12H21N7O. The van der Waals surface area contributed by atoms with E-state index in [2.05, 4.69) is 30.5 Å². The Balaban J connectivity index is 2.23. The highest BCUT2D eigenvalue weighted by atomic mass is 16.1. The van der Waals surface area contributed by atoms with Crippen LogP contribution >= 0.6 is 0 Å². The van der Waals surface area contributed by atoms with Crippen molar-refractivity contribution in [1.82, 2.24) is 15.0 Å². The first-order valence-corrected chi connectivity index (χ1v) is 6.91. The van der Waals surface area contributed by atoms with Crippen LogP contribution in [0.3, 0.4) is 0 Å². The van der Waals surface area contributed by atoms with Crippen molar-refractivity contribution in [3.63, 3.8) is 0 Å². The number of hydrogen-bond donors (Lipinski definition) is 3. The summed E-state index contributed by atoms with van der Waals surface area (Å²) in [6, 6.07) is -0.529. The molecular weight excluding hydrogens is 258 g/mol. The number of carbonyl (C=O) groups is 1. The fourth-order valence-electron chi connectivity index (χ4n) is 1.99. The van der Waals surface area contributed by atoms with Gasteiger partial charge in [0.1, 0.15) is 6.04 Å². The molecule has 1 atom stereocenters. The van der Waals surface area contributed by atoms with Crippen LogP contribution < -0.4 is 21.3 Å². The average molecular weight is 279 g/mol. The van der Waals surface area contributed by atoms with Crippen LogP contribution in [-0.4, -0.2) is 46.5 Å². The summed E-state index contributed by atoms with van der Waals surface area (Å²) in [4.78, 5) is 26.2. The summed E-state index contributed by atoms with van der Waals surface area (Å²) < 4.78 is 0. The molecule has 4 N–H and O–H groups in total. The first-order chi connectivity index (χ1) is 9.60. The molecule has 0 radical (unpaired) electrons. The second-order valence-corrected chi connectivity index (χ2v) is 4.78. The first-order valence-electron chi connectivity index (χ1n) is 6.91. The molecule has 1 fully saturated rings. The van der Waals surface area contributed by atoms with Gasteiger partial charge in [-0.2, -0.15) is 15.0 Å². The Morgan fingerprint density at radius 1 is 1.30 bits per heavy atom. The van der Waals surface area contributed by atoms with Crippen molar-refractivity contribution in [1.29, 1.82) is 0 Å². The topological polar surface area (TPSA) is 109 Å². The molecule has 1 unspecified atom stereocenters. The molecule has 20 heavy (non-hydrogen) atoms. The third-order valence-corrected chi connectivity index (χ3v) is 3.12. The molecule has 2 rings (SSSR count). The van der Waals surface area contributed by atoms with Gasteiger partial charge in [-0.15, -0.1) is 0 Å². The minimum absolute atomic E-state index is 0.365. The number of primary amides is 1. The molecule has 2 heterocycles. The maximum atomic E-state index is 11.1. The number of hydrogen-bond acceptors (Lipinski definition) is 7. The molecule has 0 aromatic carbocycles. The van der Waals surface area contributed by atoms with Crippen LogP contribution in [-0.2, 0) is 4.79 Å². The van der Waals surface area contributed by atoms with E-state index in [0.29, 0.717) is 24.4 Å². The Morgan fingerprint density at radius 2 is 1.95 bits per heavy atom. The molecule has 110 valence electrons. The minimum atomic E-state index is -0.529. The number of rotatable bonds is 6. The molecule has 1 aromatic heterocycles. The van der Waals surface area contributed by atoms with Gasteiger partial charge in [-0.25, -0.2) is 0 Å². The molecule has 1 amide bonds. The lowest BCUT2D eigenvalue weighted by Crippen LogP contribution is -2.33. The van der Waals surface area contributed by atoms with E-state index in [1.807, 2.05) is 6.92 Å². The minimum Gasteiger partial charge on any atom is -0.368 e. The zero-order valence-corrected chi connectivity index (χ0v) is 11.9. The Labute approximate surface area is 118 Å². The molecule has 0 aliphatic carbocycles. The predicted octanol–water partition coefficient (Wildman–Crippen LogP) is 0.189. The molecule has 1 aliphatic rings. The van der Waals surface area contributed by atoms with Gasteiger partial charge in [0.25, 0.3) is 0 Å². The van der Waals surface area contributed by atoms with E-state index in [-0.39, 0.29) is 0 Å². The highest BCUT2D eigenvalue weighted by Gasteiger charge is 2.18. The second kappa shape index (κ2) is 6.36. The molecule has 0 saturated carbocycles. The number of carbonyl (C=O) groups excluding carboxylic acids is 1. The van der Waals surface area contributed by atoms with Crippen LogP contribution in [0.25, 0.3) is 0 Å². The molecule has 8 nitrogen and oxygen atoms in total. The van der Waals surface area contributed by atoms with Crippen molar-refractivity contribution in [2.24, 2.45) is 5.73 Å². The van der Waals surface area contributed by atoms with Gasteiger partial charge >= 0.3 is 0 Å². The van der Waals surface area contributed by atoms with Gasteiger partial charge in [0.15, 0.2) is 0 Å². The Bertz CT molecular complexity index is 473. The highest BCUT2D eigenvalue weighted by Crippen LogP contribution is 2.18. The fraction of sp³-hybridized carbons (Fsp3) is 0.667. The third-order valence-electron chi connectivity index (χ3n) is 3.12. The van der Waals surface area contributed by atoms with E-state index in [4.69, 9.17) is 5.73 Å². The second-order valence-electron chi connectivity index (χ2n) is 4.78. The van der Waals surface area contributed by atoms with E-state index >= 15 is 0 Å². The number of amides is 1. The molecule has 8 heteroatoms. The summed E-state index contributed by atoms with van der Waals surface area (Å²) in [5.74, 6) is 1.05. The van der Waals surface area contributed by atoms with E-state index < -0.39 is 11.9 Å². The Morgan fingerprint density at radius 3 is 2.55 bits per heavy atom. The number of nitrogens with two attached hydrogens (primary N) is 1. The van der Waals surface area contributed by atoms with Crippen LogP contribution in [0.4, 0.5) is 17.8 Å². The smallest absolute Gasteiger partial charge is 0.239 e. The van der Waals surface area contributed by atoms with Crippen LogP contribution in [0, 0.1) is 0 Å². The van der Waals surface area contributed by atoms with Gasteiger partial charge in [-0.3, -0.25) is 4.79 Å². The summed E-state index contributed by atoms with van der Waals surface area (Å²) in [5.41, 5.74) is 5.24. The number of nitrogens with zero attached hydrogens (tertiary/aromatic N) is 4. The number of anilines is 3. The SMILES string of the molecule is CCNc1nc(NC(C)C(N)=O)nc(N2CCCC2)n1. The van der Waals surface area contributed by atoms with Crippen molar-refractivity contribution in [3.8, 4) is 0 Å². The molecule has 1 saturated heterocycles. The van der Waals surface area contributed by atoms with Crippen LogP contribution in [0.5, 0.6) is 0 Å². The monoisotopic (exact) mass is 279 g/mol. The van der Waals surface area contributed by atoms with Crippen LogP contribution in [0.2, 0.25) is 0 Å². The van der Waals surface area contributed by atoms with Crippen molar-refractivity contribution in [2.75, 3.05) is 35.2 Å². The maximum Gasteiger partial charge on any atom is 0.239 e. The normalized spacial score (nSPS) is 16.0. The van der Waals surface area contributed by atoms with Crippen molar-refractivity contribution in [3.05, 3.63) is 0 Å². The number of nitrogens with one attached hydrogen (secondary N) is 2. The zero-order valence-electron chi connectivity index (χ0n) is 11.9. The van der Waals surface area contributed by atoms with Crippen molar-refractivity contribution >= 4 is 23.8 Å². The summed E-state index contributed by atoms with van der Waals surface area (Å²) in [5, 5.41) is 5.97. The van der Waals surface area contributed by atoms with Gasteiger partial charge in [0.05, 0.1) is 0 Å². The summed E-state index contributed by atoms with van der Waals surface area (Å²) in [7, 11) is 0. The van der Waals surface area contributed by atoms with Gasteiger partial charge in [-0.05, 0) is 26.7 Å². The van der Waals surface area contributed by atoms with Crippen LogP contribution in [0.1, 0.15) is 26.7 Å². The lowest BCUT2D eigenvalue weighted by molar-refractivity contribution is -0.118. The van der Waals surface area contributed by atoms with Gasteiger partial charge in [-0.1, -0.05) is 0 Å². The summed E-state index contributed by atoms with van der Waals surface area (Å²) in [6.45, 7) is 6.25. The maximum absolute atomic E-state index is 11.1. The zero-order chi connectivity index (χ0) is 14.5.